The normalized spacial score (nSPS) is 19.4. The fourth-order valence-corrected chi connectivity index (χ4v) is 3.13. The van der Waals surface area contributed by atoms with E-state index < -0.39 is 5.97 Å². The van der Waals surface area contributed by atoms with Gasteiger partial charge in [-0.3, -0.25) is 4.79 Å². The number of nitrogens with zero attached hydrogens (tertiary/aromatic N) is 2. The maximum absolute atomic E-state index is 10.7. The van der Waals surface area contributed by atoms with Gasteiger partial charge in [-0.05, 0) is 25.2 Å². The maximum atomic E-state index is 10.7. The van der Waals surface area contributed by atoms with Crippen molar-refractivity contribution >= 4 is 17.7 Å². The third kappa shape index (κ3) is 3.99. The van der Waals surface area contributed by atoms with Gasteiger partial charge in [-0.1, -0.05) is 25.6 Å². The van der Waals surface area contributed by atoms with E-state index in [1.165, 1.54) is 18.2 Å². The zero-order chi connectivity index (χ0) is 14.5. The van der Waals surface area contributed by atoms with Crippen LogP contribution in [0.4, 0.5) is 0 Å². The van der Waals surface area contributed by atoms with Crippen LogP contribution >= 0.6 is 11.8 Å². The number of imidazole rings is 1. The van der Waals surface area contributed by atoms with Gasteiger partial charge in [0.2, 0.25) is 0 Å². The third-order valence-electron chi connectivity index (χ3n) is 3.43. The zero-order valence-corrected chi connectivity index (χ0v) is 12.9. The minimum absolute atomic E-state index is 0.0417. The SMILES string of the molecule is CC(C)c1cnc(SCC(=O)O)n1CC1CCCCO1. The van der Waals surface area contributed by atoms with Crippen molar-refractivity contribution in [3.8, 4) is 0 Å². The number of carbonyl (C=O) groups is 1. The number of hydrogen-bond acceptors (Lipinski definition) is 4. The molecule has 1 fully saturated rings. The number of aliphatic carboxylic acids is 1. The molecule has 1 aliphatic heterocycles. The second-order valence-electron chi connectivity index (χ2n) is 5.40. The summed E-state index contributed by atoms with van der Waals surface area (Å²) < 4.78 is 7.93. The molecule has 1 N–H and O–H groups in total. The lowest BCUT2D eigenvalue weighted by molar-refractivity contribution is -0.133. The molecular weight excluding hydrogens is 276 g/mol. The number of ether oxygens (including phenoxy) is 1. The lowest BCUT2D eigenvalue weighted by Crippen LogP contribution is -2.26. The molecule has 0 saturated carbocycles. The van der Waals surface area contributed by atoms with E-state index in [2.05, 4.69) is 23.4 Å². The summed E-state index contributed by atoms with van der Waals surface area (Å²) in [7, 11) is 0. The highest BCUT2D eigenvalue weighted by molar-refractivity contribution is 7.99. The molecule has 0 aromatic carbocycles. The molecular formula is C14H22N2O3S. The highest BCUT2D eigenvalue weighted by atomic mass is 32.2. The molecule has 0 amide bonds. The van der Waals surface area contributed by atoms with Crippen LogP contribution in [0.25, 0.3) is 0 Å². The summed E-state index contributed by atoms with van der Waals surface area (Å²) in [6, 6.07) is 0. The predicted molar refractivity (Wildman–Crippen MR) is 78.3 cm³/mol. The Bertz CT molecular complexity index is 453. The number of carboxylic acids is 1. The van der Waals surface area contributed by atoms with Crippen LogP contribution in [0.5, 0.6) is 0 Å². The molecule has 0 bridgehead atoms. The molecule has 6 heteroatoms. The number of thioether (sulfide) groups is 1. The van der Waals surface area contributed by atoms with Crippen LogP contribution in [-0.4, -0.2) is 39.1 Å². The summed E-state index contributed by atoms with van der Waals surface area (Å²) in [6.45, 7) is 5.85. The van der Waals surface area contributed by atoms with E-state index in [4.69, 9.17) is 9.84 Å². The summed E-state index contributed by atoms with van der Waals surface area (Å²) in [5, 5.41) is 9.60. The number of hydrogen-bond donors (Lipinski definition) is 1. The van der Waals surface area contributed by atoms with Crippen molar-refractivity contribution in [3.05, 3.63) is 11.9 Å². The summed E-state index contributed by atoms with van der Waals surface area (Å²) in [5.41, 5.74) is 1.15. The maximum Gasteiger partial charge on any atom is 0.313 e. The van der Waals surface area contributed by atoms with Gasteiger partial charge in [0.25, 0.3) is 0 Å². The van der Waals surface area contributed by atoms with Gasteiger partial charge in [0.05, 0.1) is 18.4 Å². The molecule has 0 radical (unpaired) electrons. The van der Waals surface area contributed by atoms with Crippen LogP contribution in [0, 0.1) is 0 Å². The Labute approximate surface area is 123 Å². The van der Waals surface area contributed by atoms with Crippen molar-refractivity contribution in [2.75, 3.05) is 12.4 Å². The minimum Gasteiger partial charge on any atom is -0.481 e. The summed E-state index contributed by atoms with van der Waals surface area (Å²) >= 11 is 1.28. The van der Waals surface area contributed by atoms with Crippen molar-refractivity contribution in [2.45, 2.75) is 56.8 Å². The van der Waals surface area contributed by atoms with Gasteiger partial charge in [-0.2, -0.15) is 0 Å². The Morgan fingerprint density at radius 2 is 2.40 bits per heavy atom. The van der Waals surface area contributed by atoms with E-state index in [1.807, 2.05) is 6.20 Å². The molecule has 1 unspecified atom stereocenters. The Balaban J connectivity index is 2.12. The average Bonchev–Trinajstić information content (AvgIpc) is 2.80. The van der Waals surface area contributed by atoms with Crippen molar-refractivity contribution in [1.82, 2.24) is 9.55 Å². The van der Waals surface area contributed by atoms with E-state index in [-0.39, 0.29) is 11.9 Å². The molecule has 1 aromatic rings. The first-order valence-electron chi connectivity index (χ1n) is 7.09. The highest BCUT2D eigenvalue weighted by Gasteiger charge is 2.20. The molecule has 112 valence electrons. The van der Waals surface area contributed by atoms with Crippen molar-refractivity contribution < 1.29 is 14.6 Å². The fourth-order valence-electron chi connectivity index (χ4n) is 2.41. The molecule has 2 heterocycles. The number of carboxylic acid groups (broad SMARTS) is 1. The molecule has 1 saturated heterocycles. The molecule has 1 atom stereocenters. The lowest BCUT2D eigenvalue weighted by Gasteiger charge is -2.25. The van der Waals surface area contributed by atoms with Gasteiger partial charge < -0.3 is 14.4 Å². The van der Waals surface area contributed by atoms with Crippen LogP contribution in [0.15, 0.2) is 11.4 Å². The number of aromatic nitrogens is 2. The Kier molecular flexibility index (Phi) is 5.48. The summed E-state index contributed by atoms with van der Waals surface area (Å²) in [5.74, 6) is -0.407. The molecule has 1 aliphatic rings. The molecule has 2 rings (SSSR count). The Morgan fingerprint density at radius 1 is 1.60 bits per heavy atom. The van der Waals surface area contributed by atoms with E-state index >= 15 is 0 Å². The van der Waals surface area contributed by atoms with Crippen LogP contribution in [0.1, 0.15) is 44.7 Å². The molecule has 20 heavy (non-hydrogen) atoms. The standard InChI is InChI=1S/C14H22N2O3S/c1-10(2)12-7-15-14(20-9-13(17)18)16(12)8-11-5-3-4-6-19-11/h7,10-11H,3-6,8-9H2,1-2H3,(H,17,18). The van der Waals surface area contributed by atoms with Gasteiger partial charge in [0, 0.05) is 18.5 Å². The molecule has 0 aliphatic carbocycles. The highest BCUT2D eigenvalue weighted by Crippen LogP contribution is 2.25. The van der Waals surface area contributed by atoms with Crippen molar-refractivity contribution in [1.29, 1.82) is 0 Å². The van der Waals surface area contributed by atoms with Crippen LogP contribution in [0.3, 0.4) is 0 Å². The third-order valence-corrected chi connectivity index (χ3v) is 4.40. The van der Waals surface area contributed by atoms with Gasteiger partial charge in [0.15, 0.2) is 5.16 Å². The second-order valence-corrected chi connectivity index (χ2v) is 6.34. The first-order valence-corrected chi connectivity index (χ1v) is 8.08. The van der Waals surface area contributed by atoms with Gasteiger partial charge >= 0.3 is 5.97 Å². The minimum atomic E-state index is -0.815. The van der Waals surface area contributed by atoms with Gasteiger partial charge in [0.1, 0.15) is 0 Å². The smallest absolute Gasteiger partial charge is 0.313 e. The van der Waals surface area contributed by atoms with Crippen LogP contribution in [-0.2, 0) is 16.1 Å². The fraction of sp³-hybridized carbons (Fsp3) is 0.714. The van der Waals surface area contributed by atoms with E-state index in [1.54, 1.807) is 0 Å². The zero-order valence-electron chi connectivity index (χ0n) is 12.0. The summed E-state index contributed by atoms with van der Waals surface area (Å²) in [4.78, 5) is 15.1. The molecule has 0 spiro atoms. The van der Waals surface area contributed by atoms with Crippen molar-refractivity contribution in [2.24, 2.45) is 0 Å². The van der Waals surface area contributed by atoms with Gasteiger partial charge in [-0.15, -0.1) is 0 Å². The van der Waals surface area contributed by atoms with Crippen molar-refractivity contribution in [3.63, 3.8) is 0 Å². The first kappa shape index (κ1) is 15.4. The second kappa shape index (κ2) is 7.13. The van der Waals surface area contributed by atoms with Crippen LogP contribution < -0.4 is 0 Å². The Hall–Kier alpha value is -1.01. The van der Waals surface area contributed by atoms with Crippen LogP contribution in [0.2, 0.25) is 0 Å². The topological polar surface area (TPSA) is 64.3 Å². The van der Waals surface area contributed by atoms with Gasteiger partial charge in [-0.25, -0.2) is 4.98 Å². The molecule has 5 nitrogen and oxygen atoms in total. The first-order chi connectivity index (χ1) is 9.58. The largest absolute Gasteiger partial charge is 0.481 e. The van der Waals surface area contributed by atoms with E-state index in [9.17, 15) is 4.79 Å². The monoisotopic (exact) mass is 298 g/mol. The van der Waals surface area contributed by atoms with E-state index in [0.29, 0.717) is 5.92 Å². The quantitative estimate of drug-likeness (QED) is 0.818. The van der Waals surface area contributed by atoms with E-state index in [0.717, 1.165) is 36.8 Å². The molecule has 1 aromatic heterocycles. The number of rotatable bonds is 6. The average molecular weight is 298 g/mol. The predicted octanol–water partition coefficient (Wildman–Crippen LogP) is 2.75. The lowest BCUT2D eigenvalue weighted by atomic mass is 10.1. The summed E-state index contributed by atoms with van der Waals surface area (Å²) in [6.07, 6.45) is 5.49. The Morgan fingerprint density at radius 3 is 3.00 bits per heavy atom.